The number of aromatic hydroxyl groups is 1. The minimum Gasteiger partial charge on any atom is -0.502 e. The van der Waals surface area contributed by atoms with Crippen molar-refractivity contribution in [2.45, 2.75) is 6.43 Å². The van der Waals surface area contributed by atoms with E-state index >= 15 is 0 Å². The average Bonchev–Trinajstić information content (AvgIpc) is 2.08. The van der Waals surface area contributed by atoms with E-state index in [2.05, 4.69) is 0 Å². The minimum atomic E-state index is -3.08. The van der Waals surface area contributed by atoms with Gasteiger partial charge in [0.05, 0.1) is 5.56 Å². The van der Waals surface area contributed by atoms with Gasteiger partial charge in [-0.2, -0.15) is 0 Å². The Hall–Kier alpha value is -1.92. The predicted molar refractivity (Wildman–Crippen MR) is 40.6 cm³/mol. The van der Waals surface area contributed by atoms with E-state index < -0.39 is 34.8 Å². The first-order chi connectivity index (χ1) is 6.45. The van der Waals surface area contributed by atoms with Crippen LogP contribution >= 0.6 is 0 Å². The van der Waals surface area contributed by atoms with Crippen LogP contribution in [0.4, 0.5) is 8.78 Å². The van der Waals surface area contributed by atoms with Crippen LogP contribution in [0.1, 0.15) is 22.3 Å². The van der Waals surface area contributed by atoms with E-state index in [0.717, 1.165) is 0 Å². The topological polar surface area (TPSA) is 90.4 Å². The van der Waals surface area contributed by atoms with E-state index in [0.29, 0.717) is 6.20 Å². The Morgan fingerprint density at radius 1 is 1.50 bits per heavy atom. The third-order valence-corrected chi connectivity index (χ3v) is 1.55. The number of aromatic carboxylic acids is 1. The fourth-order valence-corrected chi connectivity index (χ4v) is 0.931. The lowest BCUT2D eigenvalue weighted by atomic mass is 10.1. The SMILES string of the molecule is O=C(O)c1c(C(F)F)c[nH]c(=O)c1O. The lowest BCUT2D eigenvalue weighted by Crippen LogP contribution is -2.14. The summed E-state index contributed by atoms with van der Waals surface area (Å²) in [5, 5.41) is 17.4. The van der Waals surface area contributed by atoms with Crippen molar-refractivity contribution in [1.29, 1.82) is 0 Å². The number of H-pyrrole nitrogens is 1. The van der Waals surface area contributed by atoms with Gasteiger partial charge >= 0.3 is 5.97 Å². The number of hydrogen-bond acceptors (Lipinski definition) is 3. The van der Waals surface area contributed by atoms with E-state index in [-0.39, 0.29) is 0 Å². The fourth-order valence-electron chi connectivity index (χ4n) is 0.931. The normalized spacial score (nSPS) is 10.5. The molecule has 0 saturated heterocycles. The predicted octanol–water partition coefficient (Wildman–Crippen LogP) is 0.716. The molecule has 0 fully saturated rings. The quantitative estimate of drug-likeness (QED) is 0.663. The van der Waals surface area contributed by atoms with Crippen molar-refractivity contribution >= 4 is 5.97 Å². The van der Waals surface area contributed by atoms with Gasteiger partial charge in [-0.05, 0) is 0 Å². The Morgan fingerprint density at radius 2 is 2.07 bits per heavy atom. The lowest BCUT2D eigenvalue weighted by Gasteiger charge is -2.05. The first kappa shape index (κ1) is 10.2. The number of halogens is 2. The molecule has 0 radical (unpaired) electrons. The van der Waals surface area contributed by atoms with E-state index in [9.17, 15) is 18.4 Å². The van der Waals surface area contributed by atoms with Crippen LogP contribution in [-0.2, 0) is 0 Å². The molecule has 0 spiro atoms. The second-order valence-corrected chi connectivity index (χ2v) is 2.40. The van der Waals surface area contributed by atoms with E-state index in [1.807, 2.05) is 0 Å². The number of carboxylic acids is 1. The molecule has 14 heavy (non-hydrogen) atoms. The highest BCUT2D eigenvalue weighted by atomic mass is 19.3. The molecule has 0 aliphatic rings. The van der Waals surface area contributed by atoms with Crippen LogP contribution in [0.3, 0.4) is 0 Å². The molecule has 0 aliphatic heterocycles. The van der Waals surface area contributed by atoms with Gasteiger partial charge in [0.15, 0.2) is 5.75 Å². The molecule has 76 valence electrons. The summed E-state index contributed by atoms with van der Waals surface area (Å²) in [6, 6.07) is 0. The molecule has 0 atom stereocenters. The summed E-state index contributed by atoms with van der Waals surface area (Å²) in [6.07, 6.45) is -2.51. The molecule has 5 nitrogen and oxygen atoms in total. The molecule has 1 aromatic rings. The number of carbonyl (C=O) groups is 1. The molecule has 1 rings (SSSR count). The molecule has 0 saturated carbocycles. The Balaban J connectivity index is 3.54. The number of alkyl halides is 2. The van der Waals surface area contributed by atoms with Gasteiger partial charge in [0, 0.05) is 6.20 Å². The second-order valence-electron chi connectivity index (χ2n) is 2.40. The van der Waals surface area contributed by atoms with Crippen molar-refractivity contribution < 1.29 is 23.8 Å². The number of aromatic nitrogens is 1. The van der Waals surface area contributed by atoms with Crippen LogP contribution in [0, 0.1) is 0 Å². The van der Waals surface area contributed by atoms with Crippen LogP contribution in [0.5, 0.6) is 5.75 Å². The zero-order chi connectivity index (χ0) is 10.9. The number of carboxylic acid groups (broad SMARTS) is 1. The molecule has 7 heteroatoms. The first-order valence-electron chi connectivity index (χ1n) is 3.41. The molecule has 1 aromatic heterocycles. The Labute approximate surface area is 75.6 Å². The molecule has 1 heterocycles. The molecule has 0 unspecified atom stereocenters. The third kappa shape index (κ3) is 1.56. The van der Waals surface area contributed by atoms with Gasteiger partial charge in [-0.3, -0.25) is 4.79 Å². The van der Waals surface area contributed by atoms with Crippen molar-refractivity contribution in [2.75, 3.05) is 0 Å². The van der Waals surface area contributed by atoms with Crippen molar-refractivity contribution in [3.63, 3.8) is 0 Å². The number of pyridine rings is 1. The second kappa shape index (κ2) is 3.44. The van der Waals surface area contributed by atoms with Crippen molar-refractivity contribution in [3.8, 4) is 5.75 Å². The summed E-state index contributed by atoms with van der Waals surface area (Å²) < 4.78 is 24.4. The number of rotatable bonds is 2. The highest BCUT2D eigenvalue weighted by Crippen LogP contribution is 2.25. The standard InChI is InChI=1S/C7H5F2NO4/c8-5(9)2-1-10-6(12)4(11)3(2)7(13)14/h1,5,11H,(H,10,12)(H,13,14). The third-order valence-electron chi connectivity index (χ3n) is 1.55. The summed E-state index contributed by atoms with van der Waals surface area (Å²) in [5.41, 5.74) is -3.11. The molecular formula is C7H5F2NO4. The molecule has 0 aromatic carbocycles. The summed E-state index contributed by atoms with van der Waals surface area (Å²) in [5.74, 6) is -2.99. The number of nitrogens with one attached hydrogen (secondary N) is 1. The minimum absolute atomic E-state index is 0.566. The smallest absolute Gasteiger partial charge is 0.340 e. The van der Waals surface area contributed by atoms with Crippen LogP contribution in [0.2, 0.25) is 0 Å². The Bertz CT molecular complexity index is 426. The maximum atomic E-state index is 12.2. The van der Waals surface area contributed by atoms with Gasteiger partial charge in [0.1, 0.15) is 5.56 Å². The van der Waals surface area contributed by atoms with Crippen molar-refractivity contribution in [2.24, 2.45) is 0 Å². The van der Waals surface area contributed by atoms with Crippen LogP contribution in [-0.4, -0.2) is 21.2 Å². The lowest BCUT2D eigenvalue weighted by molar-refractivity contribution is 0.0680. The summed E-state index contributed by atoms with van der Waals surface area (Å²) >= 11 is 0. The van der Waals surface area contributed by atoms with Gasteiger partial charge in [0.25, 0.3) is 12.0 Å². The van der Waals surface area contributed by atoms with E-state index in [4.69, 9.17) is 10.2 Å². The van der Waals surface area contributed by atoms with Gasteiger partial charge in [-0.15, -0.1) is 0 Å². The highest BCUT2D eigenvalue weighted by Gasteiger charge is 2.23. The Kier molecular flexibility index (Phi) is 2.50. The molecule has 0 amide bonds. The molecule has 0 aliphatic carbocycles. The highest BCUT2D eigenvalue weighted by molar-refractivity contribution is 5.92. The van der Waals surface area contributed by atoms with Gasteiger partial charge in [-0.1, -0.05) is 0 Å². The average molecular weight is 205 g/mol. The van der Waals surface area contributed by atoms with Crippen molar-refractivity contribution in [1.82, 2.24) is 4.98 Å². The zero-order valence-corrected chi connectivity index (χ0v) is 6.62. The Morgan fingerprint density at radius 3 is 2.50 bits per heavy atom. The van der Waals surface area contributed by atoms with E-state index in [1.165, 1.54) is 0 Å². The summed E-state index contributed by atoms with van der Waals surface area (Å²) in [4.78, 5) is 23.0. The number of aromatic amines is 1. The van der Waals surface area contributed by atoms with Crippen LogP contribution in [0.15, 0.2) is 11.0 Å². The first-order valence-corrected chi connectivity index (χ1v) is 3.41. The van der Waals surface area contributed by atoms with Gasteiger partial charge in [-0.25, -0.2) is 13.6 Å². The largest absolute Gasteiger partial charge is 0.502 e. The summed E-state index contributed by atoms with van der Waals surface area (Å²) in [7, 11) is 0. The summed E-state index contributed by atoms with van der Waals surface area (Å²) in [6.45, 7) is 0. The van der Waals surface area contributed by atoms with Crippen LogP contribution < -0.4 is 5.56 Å². The molecule has 0 bridgehead atoms. The molecular weight excluding hydrogens is 200 g/mol. The maximum Gasteiger partial charge on any atom is 0.340 e. The van der Waals surface area contributed by atoms with Gasteiger partial charge < -0.3 is 15.2 Å². The fraction of sp³-hybridized carbons (Fsp3) is 0.143. The van der Waals surface area contributed by atoms with Crippen LogP contribution in [0.25, 0.3) is 0 Å². The molecule has 3 N–H and O–H groups in total. The van der Waals surface area contributed by atoms with E-state index in [1.54, 1.807) is 4.98 Å². The maximum absolute atomic E-state index is 12.2. The zero-order valence-electron chi connectivity index (χ0n) is 6.62. The number of hydrogen-bond donors (Lipinski definition) is 3. The monoisotopic (exact) mass is 205 g/mol. The van der Waals surface area contributed by atoms with Gasteiger partial charge in [0.2, 0.25) is 0 Å². The van der Waals surface area contributed by atoms with Crippen molar-refractivity contribution in [3.05, 3.63) is 27.7 Å².